The first kappa shape index (κ1) is 17.2. The molecule has 0 fully saturated rings. The molecule has 1 amide bonds. The van der Waals surface area contributed by atoms with Crippen molar-refractivity contribution in [3.63, 3.8) is 0 Å². The third-order valence-corrected chi connectivity index (χ3v) is 3.79. The Labute approximate surface area is 154 Å². The summed E-state index contributed by atoms with van der Waals surface area (Å²) in [6.07, 6.45) is 1.47. The summed E-state index contributed by atoms with van der Waals surface area (Å²) in [5.41, 5.74) is 3.88. The molecule has 1 heterocycles. The summed E-state index contributed by atoms with van der Waals surface area (Å²) in [7, 11) is 0. The Hall–Kier alpha value is -2.63. The van der Waals surface area contributed by atoms with Crippen LogP contribution in [0.25, 0.3) is 10.9 Å². The van der Waals surface area contributed by atoms with Gasteiger partial charge in [0.05, 0.1) is 22.4 Å². The van der Waals surface area contributed by atoms with E-state index in [4.69, 9.17) is 27.9 Å². The number of hydrogen-bond acceptors (Lipinski definition) is 4. The Kier molecular flexibility index (Phi) is 5.48. The van der Waals surface area contributed by atoms with E-state index in [1.54, 1.807) is 18.2 Å². The van der Waals surface area contributed by atoms with E-state index in [0.717, 1.165) is 10.9 Å². The Morgan fingerprint density at radius 1 is 1.16 bits per heavy atom. The average Bonchev–Trinajstić information content (AvgIpc) is 2.61. The zero-order chi connectivity index (χ0) is 17.6. The van der Waals surface area contributed by atoms with Gasteiger partial charge in [-0.25, -0.2) is 10.4 Å². The minimum absolute atomic E-state index is 0.218. The van der Waals surface area contributed by atoms with Crippen molar-refractivity contribution < 1.29 is 9.53 Å². The monoisotopic (exact) mass is 373 g/mol. The van der Waals surface area contributed by atoms with E-state index < -0.39 is 5.91 Å². The second-order valence-corrected chi connectivity index (χ2v) is 5.93. The number of halogens is 2. The quantitative estimate of drug-likeness (QED) is 0.541. The SMILES string of the molecule is O=C(COc1ccc(Cl)cc1Cl)NN=Cc1ccc2ccccc2n1. The lowest BCUT2D eigenvalue weighted by atomic mass is 10.2. The molecule has 0 saturated heterocycles. The lowest BCUT2D eigenvalue weighted by Crippen LogP contribution is -2.24. The summed E-state index contributed by atoms with van der Waals surface area (Å²) in [4.78, 5) is 16.2. The molecule has 3 aromatic rings. The summed E-state index contributed by atoms with van der Waals surface area (Å²) in [5.74, 6) is -0.0375. The number of carbonyl (C=O) groups excluding carboxylic acids is 1. The molecular weight excluding hydrogens is 361 g/mol. The molecule has 126 valence electrons. The van der Waals surface area contributed by atoms with E-state index in [9.17, 15) is 4.79 Å². The smallest absolute Gasteiger partial charge is 0.277 e. The van der Waals surface area contributed by atoms with Gasteiger partial charge in [-0.05, 0) is 30.3 Å². The van der Waals surface area contributed by atoms with Crippen LogP contribution in [0.5, 0.6) is 5.75 Å². The van der Waals surface area contributed by atoms with Gasteiger partial charge in [0.1, 0.15) is 5.75 Å². The number of fused-ring (bicyclic) bond motifs is 1. The van der Waals surface area contributed by atoms with Crippen molar-refractivity contribution in [3.8, 4) is 5.75 Å². The summed E-state index contributed by atoms with van der Waals surface area (Å²) < 4.78 is 5.32. The molecule has 25 heavy (non-hydrogen) atoms. The highest BCUT2D eigenvalue weighted by molar-refractivity contribution is 6.35. The first-order chi connectivity index (χ1) is 12.1. The largest absolute Gasteiger partial charge is 0.482 e. The van der Waals surface area contributed by atoms with Crippen LogP contribution in [0.1, 0.15) is 5.69 Å². The Bertz CT molecular complexity index is 945. The fourth-order valence-corrected chi connectivity index (χ4v) is 2.55. The minimum Gasteiger partial charge on any atom is -0.482 e. The third-order valence-electron chi connectivity index (χ3n) is 3.26. The second-order valence-electron chi connectivity index (χ2n) is 5.09. The molecule has 0 spiro atoms. The lowest BCUT2D eigenvalue weighted by molar-refractivity contribution is -0.123. The fraction of sp³-hybridized carbons (Fsp3) is 0.0556. The maximum Gasteiger partial charge on any atom is 0.277 e. The van der Waals surface area contributed by atoms with Crippen molar-refractivity contribution in [2.45, 2.75) is 0 Å². The van der Waals surface area contributed by atoms with Crippen LogP contribution >= 0.6 is 23.2 Å². The van der Waals surface area contributed by atoms with Crippen LogP contribution in [0, 0.1) is 0 Å². The van der Waals surface area contributed by atoms with Gasteiger partial charge < -0.3 is 4.74 Å². The number of ether oxygens (including phenoxy) is 1. The first-order valence-corrected chi connectivity index (χ1v) is 8.13. The van der Waals surface area contributed by atoms with Crippen LogP contribution in [0.3, 0.4) is 0 Å². The number of benzene rings is 2. The van der Waals surface area contributed by atoms with Gasteiger partial charge in [-0.15, -0.1) is 0 Å². The van der Waals surface area contributed by atoms with Crippen LogP contribution < -0.4 is 10.2 Å². The normalized spacial score (nSPS) is 11.0. The van der Waals surface area contributed by atoms with Gasteiger partial charge in [0.25, 0.3) is 5.91 Å². The molecule has 0 saturated carbocycles. The van der Waals surface area contributed by atoms with E-state index in [-0.39, 0.29) is 6.61 Å². The molecule has 1 aromatic heterocycles. The van der Waals surface area contributed by atoms with Gasteiger partial charge >= 0.3 is 0 Å². The van der Waals surface area contributed by atoms with Crippen LogP contribution in [-0.2, 0) is 4.79 Å². The Morgan fingerprint density at radius 2 is 2.00 bits per heavy atom. The van der Waals surface area contributed by atoms with E-state index in [2.05, 4.69) is 15.5 Å². The summed E-state index contributed by atoms with van der Waals surface area (Å²) in [5, 5.41) is 5.75. The number of aromatic nitrogens is 1. The van der Waals surface area contributed by atoms with E-state index in [1.165, 1.54) is 6.21 Å². The van der Waals surface area contributed by atoms with Crippen LogP contribution in [0.15, 0.2) is 59.7 Å². The maximum absolute atomic E-state index is 11.8. The maximum atomic E-state index is 11.8. The zero-order valence-electron chi connectivity index (χ0n) is 12.9. The van der Waals surface area contributed by atoms with Crippen molar-refractivity contribution in [3.05, 3.63) is 70.3 Å². The third kappa shape index (κ3) is 4.68. The number of pyridine rings is 1. The van der Waals surface area contributed by atoms with Gasteiger partial charge in [0, 0.05) is 10.4 Å². The average molecular weight is 374 g/mol. The highest BCUT2D eigenvalue weighted by atomic mass is 35.5. The number of para-hydroxylation sites is 1. The number of hydrogen-bond donors (Lipinski definition) is 1. The Morgan fingerprint density at radius 3 is 2.84 bits per heavy atom. The number of hydrazone groups is 1. The minimum atomic E-state index is -0.414. The molecule has 3 rings (SSSR count). The van der Waals surface area contributed by atoms with Crippen LogP contribution in [0.4, 0.5) is 0 Å². The molecule has 5 nitrogen and oxygen atoms in total. The topological polar surface area (TPSA) is 63.6 Å². The standard InChI is InChI=1S/C18H13Cl2N3O2/c19-13-6-8-17(15(20)9-13)25-11-18(24)23-21-10-14-7-5-12-3-1-2-4-16(12)22-14/h1-10H,11H2,(H,23,24). The van der Waals surface area contributed by atoms with Crippen molar-refractivity contribution >= 4 is 46.2 Å². The van der Waals surface area contributed by atoms with Crippen molar-refractivity contribution in [1.82, 2.24) is 10.4 Å². The van der Waals surface area contributed by atoms with E-state index in [0.29, 0.717) is 21.5 Å². The number of carbonyl (C=O) groups is 1. The number of nitrogens with one attached hydrogen (secondary N) is 1. The molecule has 7 heteroatoms. The summed E-state index contributed by atoms with van der Waals surface area (Å²) >= 11 is 11.8. The highest BCUT2D eigenvalue weighted by Gasteiger charge is 2.05. The van der Waals surface area contributed by atoms with Crippen LogP contribution in [-0.4, -0.2) is 23.7 Å². The van der Waals surface area contributed by atoms with Crippen LogP contribution in [0.2, 0.25) is 10.0 Å². The molecule has 0 radical (unpaired) electrons. The van der Waals surface area contributed by atoms with Crippen molar-refractivity contribution in [2.75, 3.05) is 6.61 Å². The highest BCUT2D eigenvalue weighted by Crippen LogP contribution is 2.27. The summed E-state index contributed by atoms with van der Waals surface area (Å²) in [6, 6.07) is 16.3. The predicted octanol–water partition coefficient (Wildman–Crippen LogP) is 4.07. The molecule has 2 aromatic carbocycles. The molecule has 0 unspecified atom stereocenters. The van der Waals surface area contributed by atoms with E-state index in [1.807, 2.05) is 36.4 Å². The van der Waals surface area contributed by atoms with E-state index >= 15 is 0 Å². The molecule has 0 aliphatic rings. The molecule has 0 atom stereocenters. The molecule has 0 aliphatic carbocycles. The molecule has 0 aliphatic heterocycles. The fourth-order valence-electron chi connectivity index (χ4n) is 2.09. The lowest BCUT2D eigenvalue weighted by Gasteiger charge is -2.06. The van der Waals surface area contributed by atoms with Gasteiger partial charge in [0.2, 0.25) is 0 Å². The van der Waals surface area contributed by atoms with Gasteiger partial charge in [-0.2, -0.15) is 5.10 Å². The zero-order valence-corrected chi connectivity index (χ0v) is 14.5. The van der Waals surface area contributed by atoms with Gasteiger partial charge in [0.15, 0.2) is 6.61 Å². The Balaban J connectivity index is 1.54. The number of nitrogens with zero attached hydrogens (tertiary/aromatic N) is 2. The van der Waals surface area contributed by atoms with Gasteiger partial charge in [-0.3, -0.25) is 4.79 Å². The molecule has 1 N–H and O–H groups in total. The predicted molar refractivity (Wildman–Crippen MR) is 99.4 cm³/mol. The summed E-state index contributed by atoms with van der Waals surface area (Å²) in [6.45, 7) is -0.218. The molecular formula is C18H13Cl2N3O2. The van der Waals surface area contributed by atoms with Crippen molar-refractivity contribution in [1.29, 1.82) is 0 Å². The van der Waals surface area contributed by atoms with Crippen molar-refractivity contribution in [2.24, 2.45) is 5.10 Å². The second kappa shape index (κ2) is 7.96. The molecule has 0 bridgehead atoms. The van der Waals surface area contributed by atoms with Gasteiger partial charge in [-0.1, -0.05) is 47.5 Å². The number of amides is 1. The first-order valence-electron chi connectivity index (χ1n) is 7.37. The number of rotatable bonds is 5.